The van der Waals surface area contributed by atoms with Gasteiger partial charge in [-0.1, -0.05) is 35.9 Å². The zero-order valence-corrected chi connectivity index (χ0v) is 16.5. The maximum atomic E-state index is 12.8. The van der Waals surface area contributed by atoms with Crippen LogP contribution >= 0.6 is 11.3 Å². The molecule has 142 valence electrons. The van der Waals surface area contributed by atoms with Gasteiger partial charge in [-0.2, -0.15) is 0 Å². The van der Waals surface area contributed by atoms with Crippen molar-refractivity contribution >= 4 is 28.8 Å². The first-order valence-corrected chi connectivity index (χ1v) is 10.3. The predicted octanol–water partition coefficient (Wildman–Crippen LogP) is 4.92. The number of hydrogen-bond acceptors (Lipinski definition) is 3. The lowest BCUT2D eigenvalue weighted by Gasteiger charge is -2.18. The minimum atomic E-state index is -0.192. The molecule has 5 heteroatoms. The molecular weight excluding hydrogens is 368 g/mol. The van der Waals surface area contributed by atoms with Gasteiger partial charge in [0, 0.05) is 22.0 Å². The highest BCUT2D eigenvalue weighted by molar-refractivity contribution is 7.10. The molecule has 0 spiro atoms. The molecule has 1 atom stereocenters. The Morgan fingerprint density at radius 3 is 2.32 bits per heavy atom. The minimum Gasteiger partial charge on any atom is -0.340 e. The van der Waals surface area contributed by atoms with E-state index in [1.165, 1.54) is 5.56 Å². The molecule has 1 aliphatic rings. The molecule has 1 saturated carbocycles. The van der Waals surface area contributed by atoms with Gasteiger partial charge in [0.2, 0.25) is 5.91 Å². The van der Waals surface area contributed by atoms with Crippen molar-refractivity contribution in [2.24, 2.45) is 5.92 Å². The summed E-state index contributed by atoms with van der Waals surface area (Å²) < 4.78 is 0. The summed E-state index contributed by atoms with van der Waals surface area (Å²) in [7, 11) is 0. The highest BCUT2D eigenvalue weighted by Gasteiger charge is 2.29. The van der Waals surface area contributed by atoms with Crippen molar-refractivity contribution < 1.29 is 9.59 Å². The number of thiophene rings is 1. The molecule has 1 fully saturated rings. The van der Waals surface area contributed by atoms with Crippen LogP contribution in [0.15, 0.2) is 66.0 Å². The summed E-state index contributed by atoms with van der Waals surface area (Å²) in [4.78, 5) is 25.8. The number of anilines is 1. The quantitative estimate of drug-likeness (QED) is 0.627. The maximum absolute atomic E-state index is 12.8. The Morgan fingerprint density at radius 1 is 1.00 bits per heavy atom. The smallest absolute Gasteiger partial charge is 0.252 e. The fourth-order valence-electron chi connectivity index (χ4n) is 3.04. The van der Waals surface area contributed by atoms with Gasteiger partial charge in [0.25, 0.3) is 5.91 Å². The van der Waals surface area contributed by atoms with Gasteiger partial charge in [-0.3, -0.25) is 9.59 Å². The fraction of sp³-hybridized carbons (Fsp3) is 0.217. The van der Waals surface area contributed by atoms with E-state index in [-0.39, 0.29) is 23.8 Å². The van der Waals surface area contributed by atoms with Crippen molar-refractivity contribution in [1.29, 1.82) is 0 Å². The highest BCUT2D eigenvalue weighted by atomic mass is 32.1. The van der Waals surface area contributed by atoms with Crippen LogP contribution in [-0.2, 0) is 4.79 Å². The van der Waals surface area contributed by atoms with Gasteiger partial charge in [-0.15, -0.1) is 11.3 Å². The van der Waals surface area contributed by atoms with Gasteiger partial charge in [-0.25, -0.2) is 0 Å². The standard InChI is InChI=1S/C23H22N2O2S/c1-15-4-6-16(7-5-15)21(20-3-2-14-28-20)25-23(27)18-10-12-19(13-11-18)24-22(26)17-8-9-17/h2-7,10-14,17,21H,8-9H2,1H3,(H,24,26)(H,25,27). The average Bonchev–Trinajstić information content (AvgIpc) is 3.42. The molecule has 28 heavy (non-hydrogen) atoms. The summed E-state index contributed by atoms with van der Waals surface area (Å²) in [6, 6.07) is 19.1. The highest BCUT2D eigenvalue weighted by Crippen LogP contribution is 2.30. The summed E-state index contributed by atoms with van der Waals surface area (Å²) in [6.07, 6.45) is 1.94. The number of rotatable bonds is 6. The number of carbonyl (C=O) groups excluding carboxylic acids is 2. The maximum Gasteiger partial charge on any atom is 0.252 e. The van der Waals surface area contributed by atoms with Crippen LogP contribution in [0.5, 0.6) is 0 Å². The van der Waals surface area contributed by atoms with Gasteiger partial charge in [0.05, 0.1) is 6.04 Å². The molecule has 1 unspecified atom stereocenters. The largest absolute Gasteiger partial charge is 0.340 e. The molecule has 2 N–H and O–H groups in total. The number of carbonyl (C=O) groups is 2. The zero-order chi connectivity index (χ0) is 19.5. The molecular formula is C23H22N2O2S. The Morgan fingerprint density at radius 2 is 1.71 bits per heavy atom. The SMILES string of the molecule is Cc1ccc(C(NC(=O)c2ccc(NC(=O)C3CC3)cc2)c2cccs2)cc1. The van der Waals surface area contributed by atoms with E-state index in [4.69, 9.17) is 0 Å². The van der Waals surface area contributed by atoms with E-state index in [1.807, 2.05) is 24.4 Å². The van der Waals surface area contributed by atoms with Crippen molar-refractivity contribution in [3.8, 4) is 0 Å². The molecule has 0 radical (unpaired) electrons. The van der Waals surface area contributed by atoms with E-state index in [2.05, 4.69) is 34.9 Å². The summed E-state index contributed by atoms with van der Waals surface area (Å²) in [5.74, 6) is 0.0809. The van der Waals surface area contributed by atoms with Crippen molar-refractivity contribution in [2.45, 2.75) is 25.8 Å². The Balaban J connectivity index is 1.49. The van der Waals surface area contributed by atoms with Crippen molar-refractivity contribution in [2.75, 3.05) is 5.32 Å². The van der Waals surface area contributed by atoms with Gasteiger partial charge < -0.3 is 10.6 Å². The van der Waals surface area contributed by atoms with Crippen LogP contribution < -0.4 is 10.6 Å². The van der Waals surface area contributed by atoms with Crippen molar-refractivity contribution in [1.82, 2.24) is 5.32 Å². The monoisotopic (exact) mass is 390 g/mol. The van der Waals surface area contributed by atoms with Gasteiger partial charge in [0.1, 0.15) is 0 Å². The molecule has 3 aromatic rings. The Kier molecular flexibility index (Phi) is 5.26. The lowest BCUT2D eigenvalue weighted by atomic mass is 10.0. The molecule has 4 nitrogen and oxygen atoms in total. The third-order valence-corrected chi connectivity index (χ3v) is 5.81. The summed E-state index contributed by atoms with van der Waals surface area (Å²) >= 11 is 1.62. The molecule has 0 saturated heterocycles. The second-order valence-corrected chi connectivity index (χ2v) is 8.15. The van der Waals surface area contributed by atoms with Gasteiger partial charge in [-0.05, 0) is 61.0 Å². The van der Waals surface area contributed by atoms with E-state index in [0.29, 0.717) is 5.56 Å². The first kappa shape index (κ1) is 18.4. The molecule has 4 rings (SSSR count). The summed E-state index contributed by atoms with van der Waals surface area (Å²) in [6.45, 7) is 2.05. The Labute approximate surface area is 168 Å². The van der Waals surface area contributed by atoms with Crippen LogP contribution in [0.25, 0.3) is 0 Å². The van der Waals surface area contributed by atoms with Crippen LogP contribution in [-0.4, -0.2) is 11.8 Å². The van der Waals surface area contributed by atoms with Crippen LogP contribution in [0.4, 0.5) is 5.69 Å². The lowest BCUT2D eigenvalue weighted by Crippen LogP contribution is -2.28. The number of aryl methyl sites for hydroxylation is 1. The van der Waals surface area contributed by atoms with Crippen LogP contribution in [0, 0.1) is 12.8 Å². The molecule has 2 amide bonds. The zero-order valence-electron chi connectivity index (χ0n) is 15.6. The Hall–Kier alpha value is -2.92. The molecule has 0 bridgehead atoms. The van der Waals surface area contributed by atoms with Crippen molar-refractivity contribution in [3.63, 3.8) is 0 Å². The summed E-state index contributed by atoms with van der Waals surface area (Å²) in [5.41, 5.74) is 3.53. The molecule has 0 aliphatic heterocycles. The van der Waals surface area contributed by atoms with Gasteiger partial charge in [0.15, 0.2) is 0 Å². The topological polar surface area (TPSA) is 58.2 Å². The lowest BCUT2D eigenvalue weighted by molar-refractivity contribution is -0.117. The second kappa shape index (κ2) is 7.98. The molecule has 1 aliphatic carbocycles. The summed E-state index contributed by atoms with van der Waals surface area (Å²) in [5, 5.41) is 8.05. The normalized spacial score (nSPS) is 14.3. The number of benzene rings is 2. The number of hydrogen-bond donors (Lipinski definition) is 2. The molecule has 1 heterocycles. The first-order valence-electron chi connectivity index (χ1n) is 9.42. The van der Waals surface area contributed by atoms with E-state index in [0.717, 1.165) is 29.0 Å². The predicted molar refractivity (Wildman–Crippen MR) is 113 cm³/mol. The number of amides is 2. The van der Waals surface area contributed by atoms with E-state index < -0.39 is 0 Å². The minimum absolute atomic E-state index is 0.0642. The van der Waals surface area contributed by atoms with E-state index in [1.54, 1.807) is 35.6 Å². The fourth-order valence-corrected chi connectivity index (χ4v) is 3.84. The van der Waals surface area contributed by atoms with E-state index >= 15 is 0 Å². The molecule has 2 aromatic carbocycles. The van der Waals surface area contributed by atoms with Crippen LogP contribution in [0.2, 0.25) is 0 Å². The first-order chi connectivity index (χ1) is 13.6. The van der Waals surface area contributed by atoms with E-state index in [9.17, 15) is 9.59 Å². The van der Waals surface area contributed by atoms with Crippen molar-refractivity contribution in [3.05, 3.63) is 87.6 Å². The third-order valence-electron chi connectivity index (χ3n) is 4.88. The molecule has 1 aromatic heterocycles. The Bertz CT molecular complexity index is 959. The van der Waals surface area contributed by atoms with Crippen LogP contribution in [0.3, 0.4) is 0 Å². The van der Waals surface area contributed by atoms with Crippen LogP contribution in [0.1, 0.15) is 45.2 Å². The average molecular weight is 391 g/mol. The second-order valence-electron chi connectivity index (χ2n) is 7.17. The number of nitrogens with one attached hydrogen (secondary N) is 2. The third kappa shape index (κ3) is 4.31. The van der Waals surface area contributed by atoms with Gasteiger partial charge >= 0.3 is 0 Å².